The third-order valence-corrected chi connectivity index (χ3v) is 9.00. The number of aryl methyl sites for hydroxylation is 1. The van der Waals surface area contributed by atoms with Crippen molar-refractivity contribution in [3.63, 3.8) is 0 Å². The molecule has 3 amide bonds. The number of rotatable bonds is 9. The van der Waals surface area contributed by atoms with Gasteiger partial charge in [0.1, 0.15) is 10.9 Å². The fraction of sp³-hybridized carbons (Fsp3) is 0.452. The molecule has 0 radical (unpaired) electrons. The molecule has 9 nitrogen and oxygen atoms in total. The highest BCUT2D eigenvalue weighted by Gasteiger charge is 2.37. The van der Waals surface area contributed by atoms with Crippen LogP contribution in [0.25, 0.3) is 0 Å². The number of carbonyl (C=O) groups excluding carboxylic acids is 3. The summed E-state index contributed by atoms with van der Waals surface area (Å²) in [4.78, 5) is 47.2. The second-order valence-corrected chi connectivity index (χ2v) is 11.7. The summed E-state index contributed by atoms with van der Waals surface area (Å²) >= 11 is 0.891. The fourth-order valence-electron chi connectivity index (χ4n) is 5.81. The zero-order valence-electron chi connectivity index (χ0n) is 23.5. The Morgan fingerprint density at radius 2 is 1.54 bits per heavy atom. The lowest BCUT2D eigenvalue weighted by Gasteiger charge is -2.32. The van der Waals surface area contributed by atoms with Crippen LogP contribution < -0.4 is 21.3 Å². The number of nitrogens with zero attached hydrogens (tertiary/aromatic N) is 3. The van der Waals surface area contributed by atoms with Gasteiger partial charge in [-0.3, -0.25) is 24.3 Å². The molecule has 2 aliphatic rings. The van der Waals surface area contributed by atoms with Gasteiger partial charge in [-0.1, -0.05) is 51.2 Å². The van der Waals surface area contributed by atoms with Gasteiger partial charge in [0.2, 0.25) is 5.91 Å². The fourth-order valence-corrected chi connectivity index (χ4v) is 6.55. The number of amides is 3. The van der Waals surface area contributed by atoms with Crippen LogP contribution >= 0.6 is 11.5 Å². The van der Waals surface area contributed by atoms with Crippen LogP contribution in [0.1, 0.15) is 102 Å². The average molecular weight is 575 g/mol. The molecule has 10 heteroatoms. The third kappa shape index (κ3) is 6.59. The van der Waals surface area contributed by atoms with Crippen LogP contribution in [-0.4, -0.2) is 39.2 Å². The molecular formula is C31H38N6O3S. The lowest BCUT2D eigenvalue weighted by Crippen LogP contribution is -2.46. The van der Waals surface area contributed by atoms with Crippen molar-refractivity contribution in [3.8, 4) is 0 Å². The van der Waals surface area contributed by atoms with Crippen molar-refractivity contribution in [2.75, 3.05) is 10.6 Å². The quantitative estimate of drug-likeness (QED) is 0.322. The summed E-state index contributed by atoms with van der Waals surface area (Å²) < 4.78 is 4.31. The van der Waals surface area contributed by atoms with Crippen LogP contribution in [0.2, 0.25) is 0 Å². The first-order chi connectivity index (χ1) is 20.0. The lowest BCUT2D eigenvalue weighted by atomic mass is 9.95. The minimum Gasteiger partial charge on any atom is -0.395 e. The predicted octanol–water partition coefficient (Wildman–Crippen LogP) is 5.19. The SMILES string of the molecule is CCc1ccc(N(C(=O)c2snc(C(=O)NC3CCCCC3)c2N)[C@H](C(=O)NC2CCCC2)c2ccncc2)cc1. The Kier molecular flexibility index (Phi) is 9.28. The first-order valence-electron chi connectivity index (χ1n) is 14.6. The number of hydrogen-bond donors (Lipinski definition) is 3. The second-order valence-electron chi connectivity index (χ2n) is 11.0. The normalized spacial score (nSPS) is 16.7. The Hall–Kier alpha value is -3.79. The maximum absolute atomic E-state index is 14.4. The molecule has 0 aliphatic heterocycles. The number of hydrogen-bond acceptors (Lipinski definition) is 7. The van der Waals surface area contributed by atoms with Crippen LogP contribution in [0.4, 0.5) is 11.4 Å². The molecule has 3 aromatic rings. The van der Waals surface area contributed by atoms with Crippen molar-refractivity contribution in [1.29, 1.82) is 0 Å². The van der Waals surface area contributed by atoms with Crippen molar-refractivity contribution in [1.82, 2.24) is 20.0 Å². The third-order valence-electron chi connectivity index (χ3n) is 8.15. The number of nitrogens with two attached hydrogens (primary N) is 1. The van der Waals surface area contributed by atoms with E-state index in [4.69, 9.17) is 5.73 Å². The van der Waals surface area contributed by atoms with Gasteiger partial charge in [0.25, 0.3) is 11.8 Å². The Morgan fingerprint density at radius 1 is 0.927 bits per heavy atom. The van der Waals surface area contributed by atoms with Gasteiger partial charge in [-0.05, 0) is 79.0 Å². The molecule has 0 saturated heterocycles. The van der Waals surface area contributed by atoms with Crippen molar-refractivity contribution >= 4 is 40.6 Å². The Morgan fingerprint density at radius 3 is 2.17 bits per heavy atom. The number of anilines is 2. The predicted molar refractivity (Wildman–Crippen MR) is 161 cm³/mol. The summed E-state index contributed by atoms with van der Waals surface area (Å²) in [6.07, 6.45) is 13.2. The maximum Gasteiger partial charge on any atom is 0.273 e. The summed E-state index contributed by atoms with van der Waals surface area (Å²) in [5.41, 5.74) is 8.83. The molecule has 1 atom stereocenters. The largest absolute Gasteiger partial charge is 0.395 e. The molecule has 0 unspecified atom stereocenters. The molecule has 4 N–H and O–H groups in total. The van der Waals surface area contributed by atoms with Gasteiger partial charge in [-0.15, -0.1) is 0 Å². The maximum atomic E-state index is 14.4. The number of nitrogens with one attached hydrogen (secondary N) is 2. The summed E-state index contributed by atoms with van der Waals surface area (Å²) in [6, 6.07) is 10.3. The minimum atomic E-state index is -0.973. The summed E-state index contributed by atoms with van der Waals surface area (Å²) in [5.74, 6) is -1.12. The number of aromatic nitrogens is 2. The smallest absolute Gasteiger partial charge is 0.273 e. The zero-order chi connectivity index (χ0) is 28.8. The molecule has 0 bridgehead atoms. The Labute approximate surface area is 245 Å². The number of benzene rings is 1. The van der Waals surface area contributed by atoms with E-state index < -0.39 is 11.9 Å². The molecule has 2 aliphatic carbocycles. The van der Waals surface area contributed by atoms with Crippen LogP contribution in [0.15, 0.2) is 48.8 Å². The number of pyridine rings is 1. The number of nitrogen functional groups attached to an aromatic ring is 1. The minimum absolute atomic E-state index is 0.0353. The summed E-state index contributed by atoms with van der Waals surface area (Å²) in [7, 11) is 0. The molecule has 1 aromatic carbocycles. The van der Waals surface area contributed by atoms with E-state index >= 15 is 0 Å². The monoisotopic (exact) mass is 574 g/mol. The molecular weight excluding hydrogens is 536 g/mol. The highest BCUT2D eigenvalue weighted by molar-refractivity contribution is 7.09. The van der Waals surface area contributed by atoms with Gasteiger partial charge in [0, 0.05) is 30.2 Å². The van der Waals surface area contributed by atoms with E-state index in [0.29, 0.717) is 11.3 Å². The highest BCUT2D eigenvalue weighted by Crippen LogP contribution is 2.34. The van der Waals surface area contributed by atoms with Crippen molar-refractivity contribution in [2.24, 2.45) is 0 Å². The molecule has 216 valence electrons. The van der Waals surface area contributed by atoms with Crippen molar-refractivity contribution < 1.29 is 14.4 Å². The van der Waals surface area contributed by atoms with Gasteiger partial charge in [-0.25, -0.2) is 0 Å². The van der Waals surface area contributed by atoms with E-state index in [0.717, 1.165) is 74.9 Å². The standard InChI is InChI=1S/C31H38N6O3S/c1-2-20-12-14-24(15-13-20)37(27(21-16-18-33-19-17-21)30(39)35-23-10-6-7-11-23)31(40)28-25(32)26(36-41-28)29(38)34-22-8-4-3-5-9-22/h12-19,22-23,27H,2-11,32H2,1H3,(H,34,38)(H,35,39)/t27-/m0/s1. The van der Waals surface area contributed by atoms with Gasteiger partial charge in [0.05, 0.1) is 5.69 Å². The van der Waals surface area contributed by atoms with Gasteiger partial charge in [0.15, 0.2) is 5.69 Å². The second kappa shape index (κ2) is 13.2. The van der Waals surface area contributed by atoms with E-state index in [1.807, 2.05) is 24.3 Å². The van der Waals surface area contributed by atoms with Crippen molar-refractivity contribution in [3.05, 3.63) is 70.5 Å². The van der Waals surface area contributed by atoms with E-state index in [2.05, 4.69) is 26.9 Å². The molecule has 41 heavy (non-hydrogen) atoms. The van der Waals surface area contributed by atoms with Crippen LogP contribution in [0.3, 0.4) is 0 Å². The highest BCUT2D eigenvalue weighted by atomic mass is 32.1. The first kappa shape index (κ1) is 28.7. The molecule has 0 spiro atoms. The van der Waals surface area contributed by atoms with Gasteiger partial charge in [-0.2, -0.15) is 4.37 Å². The zero-order valence-corrected chi connectivity index (χ0v) is 24.3. The first-order valence-corrected chi connectivity index (χ1v) is 15.4. The Bertz CT molecular complexity index is 1350. The van der Waals surface area contributed by atoms with Crippen LogP contribution in [0.5, 0.6) is 0 Å². The van der Waals surface area contributed by atoms with E-state index in [1.165, 1.54) is 11.3 Å². The van der Waals surface area contributed by atoms with Gasteiger partial charge >= 0.3 is 0 Å². The van der Waals surface area contributed by atoms with E-state index in [9.17, 15) is 14.4 Å². The van der Waals surface area contributed by atoms with Crippen LogP contribution in [0, 0.1) is 0 Å². The molecule has 2 fully saturated rings. The lowest BCUT2D eigenvalue weighted by molar-refractivity contribution is -0.123. The van der Waals surface area contributed by atoms with Crippen LogP contribution in [-0.2, 0) is 11.2 Å². The average Bonchev–Trinajstić information content (AvgIpc) is 3.66. The summed E-state index contributed by atoms with van der Waals surface area (Å²) in [5, 5.41) is 6.22. The number of carbonyl (C=O) groups is 3. The molecule has 5 rings (SSSR count). The molecule has 2 aromatic heterocycles. The molecule has 2 heterocycles. The molecule has 2 saturated carbocycles. The topological polar surface area (TPSA) is 130 Å². The van der Waals surface area contributed by atoms with E-state index in [1.54, 1.807) is 24.5 Å². The van der Waals surface area contributed by atoms with E-state index in [-0.39, 0.29) is 40.2 Å². The Balaban J connectivity index is 1.52. The summed E-state index contributed by atoms with van der Waals surface area (Å²) in [6.45, 7) is 2.06. The van der Waals surface area contributed by atoms with Crippen molar-refractivity contribution in [2.45, 2.75) is 89.3 Å². The van der Waals surface area contributed by atoms with Gasteiger partial charge < -0.3 is 16.4 Å².